The van der Waals surface area contributed by atoms with Crippen molar-refractivity contribution in [1.82, 2.24) is 15.0 Å². The summed E-state index contributed by atoms with van der Waals surface area (Å²) in [6, 6.07) is 6.88. The molecule has 2 aromatic heterocycles. The third-order valence-corrected chi connectivity index (χ3v) is 5.27. The van der Waals surface area contributed by atoms with Crippen molar-refractivity contribution in [2.75, 3.05) is 22.4 Å². The normalized spacial score (nSPS) is 14.1. The fraction of sp³-hybridized carbons (Fsp3) is 0.176. The van der Waals surface area contributed by atoms with Crippen molar-refractivity contribution in [2.24, 2.45) is 0 Å². The second kappa shape index (κ2) is 7.18. The molecule has 1 aliphatic heterocycles. The molecule has 4 rings (SSSR count). The quantitative estimate of drug-likeness (QED) is 0.672. The van der Waals surface area contributed by atoms with Crippen molar-refractivity contribution < 1.29 is 14.3 Å². The lowest BCUT2D eigenvalue weighted by molar-refractivity contribution is 0.101. The Hall–Kier alpha value is -2.62. The van der Waals surface area contributed by atoms with Gasteiger partial charge in [-0.15, -0.1) is 11.3 Å². The van der Waals surface area contributed by atoms with E-state index in [0.29, 0.717) is 30.3 Å². The first-order chi connectivity index (χ1) is 13.0. The van der Waals surface area contributed by atoms with E-state index in [1.54, 1.807) is 11.4 Å². The third kappa shape index (κ3) is 3.61. The first kappa shape index (κ1) is 17.8. The summed E-state index contributed by atoms with van der Waals surface area (Å²) in [4.78, 5) is 27.1. The lowest BCUT2D eigenvalue weighted by Gasteiger charge is -2.36. The van der Waals surface area contributed by atoms with Crippen molar-refractivity contribution in [3.63, 3.8) is 0 Å². The van der Waals surface area contributed by atoms with Gasteiger partial charge in [0.2, 0.25) is 5.13 Å². The van der Waals surface area contributed by atoms with E-state index in [0.717, 1.165) is 4.42 Å². The summed E-state index contributed by atoms with van der Waals surface area (Å²) in [7, 11) is 0. The van der Waals surface area contributed by atoms with Crippen molar-refractivity contribution in [2.45, 2.75) is 6.10 Å². The topological polar surface area (TPSA) is 82.5 Å². The first-order valence-corrected chi connectivity index (χ1v) is 9.20. The molecule has 0 aliphatic carbocycles. The number of thiazole rings is 1. The van der Waals surface area contributed by atoms with E-state index < -0.39 is 11.7 Å². The smallest absolute Gasteiger partial charge is 0.274 e. The van der Waals surface area contributed by atoms with Crippen LogP contribution in [0.3, 0.4) is 0 Å². The van der Waals surface area contributed by atoms with Gasteiger partial charge in [0.1, 0.15) is 23.7 Å². The summed E-state index contributed by atoms with van der Waals surface area (Å²) in [6.07, 6.45) is 1.09. The molecule has 7 nitrogen and oxygen atoms in total. The summed E-state index contributed by atoms with van der Waals surface area (Å²) in [5.41, 5.74) is 1.39. The molecule has 0 radical (unpaired) electrons. The van der Waals surface area contributed by atoms with E-state index >= 15 is 0 Å². The van der Waals surface area contributed by atoms with Crippen LogP contribution in [0, 0.1) is 5.82 Å². The van der Waals surface area contributed by atoms with E-state index in [1.165, 1.54) is 41.9 Å². The average Bonchev–Trinajstić information content (AvgIpc) is 3.15. The van der Waals surface area contributed by atoms with Crippen LogP contribution in [0.25, 0.3) is 11.4 Å². The van der Waals surface area contributed by atoms with Crippen LogP contribution >= 0.6 is 23.1 Å². The molecule has 0 atom stereocenters. The molecule has 0 saturated carbocycles. The number of hydrogen-bond acceptors (Lipinski definition) is 7. The van der Waals surface area contributed by atoms with E-state index in [-0.39, 0.29) is 16.8 Å². The highest BCUT2D eigenvalue weighted by Crippen LogP contribution is 2.30. The molecule has 10 heteroatoms. The maximum absolute atomic E-state index is 13.0. The summed E-state index contributed by atoms with van der Waals surface area (Å²) in [5, 5.41) is 11.4. The van der Waals surface area contributed by atoms with Gasteiger partial charge in [0, 0.05) is 41.9 Å². The van der Waals surface area contributed by atoms with Gasteiger partial charge < -0.3 is 10.0 Å². The Kier molecular flexibility index (Phi) is 4.73. The lowest BCUT2D eigenvalue weighted by Crippen LogP contribution is -2.51. The number of β-amino-alcohol motifs (C(OH)–C–C–N with tert-alkyl or cyclic N) is 1. The van der Waals surface area contributed by atoms with Crippen LogP contribution in [0.15, 0.2) is 42.0 Å². The number of aliphatic hydroxyl groups excluding tert-OH is 1. The molecule has 0 unspecified atom stereocenters. The molecular weight excluding hydrogens is 393 g/mol. The van der Waals surface area contributed by atoms with Crippen LogP contribution in [0.2, 0.25) is 0 Å². The number of rotatable bonds is 4. The van der Waals surface area contributed by atoms with Gasteiger partial charge in [0.25, 0.3) is 5.91 Å². The molecule has 138 valence electrons. The summed E-state index contributed by atoms with van der Waals surface area (Å²) in [5.74, 6) is -0.237. The maximum Gasteiger partial charge on any atom is 0.274 e. The van der Waals surface area contributed by atoms with Crippen molar-refractivity contribution in [3.05, 3.63) is 53.4 Å². The monoisotopic (exact) mass is 405 g/mol. The van der Waals surface area contributed by atoms with Crippen LogP contribution in [0.5, 0.6) is 0 Å². The maximum atomic E-state index is 13.0. The van der Waals surface area contributed by atoms with Gasteiger partial charge in [0.05, 0.1) is 11.8 Å². The Morgan fingerprint density at radius 1 is 1.26 bits per heavy atom. The fourth-order valence-electron chi connectivity index (χ4n) is 2.57. The van der Waals surface area contributed by atoms with Crippen molar-refractivity contribution in [3.8, 4) is 11.4 Å². The summed E-state index contributed by atoms with van der Waals surface area (Å²) >= 11 is 7.32. The van der Waals surface area contributed by atoms with Gasteiger partial charge in [-0.05, 0) is 24.3 Å². The predicted molar refractivity (Wildman–Crippen MR) is 100 cm³/mol. The molecule has 3 heterocycles. The largest absolute Gasteiger partial charge is 0.389 e. The standard InChI is InChI=1S/C17H13ClFN5O2S/c18-24(16(26)10-1-3-11(19)4-2-10)17-22-14(8-27-17)13-5-15(21-9-20-13)23-6-12(25)7-23/h1-5,8-9,12,25H,6-7H2. The number of benzene rings is 1. The average molecular weight is 406 g/mol. The van der Waals surface area contributed by atoms with Crippen LogP contribution in [-0.2, 0) is 0 Å². The SMILES string of the molecule is O=C(c1ccc(F)cc1)N(Cl)c1nc(-c2cc(N3CC(O)C3)ncn2)cs1. The third-order valence-electron chi connectivity index (χ3n) is 4.03. The number of aliphatic hydroxyl groups is 1. The van der Waals surface area contributed by atoms with Crippen molar-refractivity contribution in [1.29, 1.82) is 0 Å². The van der Waals surface area contributed by atoms with E-state index in [9.17, 15) is 14.3 Å². The molecule has 0 bridgehead atoms. The van der Waals surface area contributed by atoms with Gasteiger partial charge in [0.15, 0.2) is 0 Å². The second-order valence-electron chi connectivity index (χ2n) is 5.93. The molecular formula is C17H13ClFN5O2S. The van der Waals surface area contributed by atoms with E-state index in [2.05, 4.69) is 15.0 Å². The number of aromatic nitrogens is 3. The summed E-state index contributed by atoms with van der Waals surface area (Å²) < 4.78 is 13.9. The molecule has 1 aromatic carbocycles. The number of carbonyl (C=O) groups excluding carboxylic acids is 1. The molecule has 3 aromatic rings. The Balaban J connectivity index is 1.53. The zero-order valence-electron chi connectivity index (χ0n) is 13.8. The molecule has 1 fully saturated rings. The molecule has 0 spiro atoms. The molecule has 27 heavy (non-hydrogen) atoms. The Labute approximate surface area is 162 Å². The van der Waals surface area contributed by atoms with Gasteiger partial charge >= 0.3 is 0 Å². The van der Waals surface area contributed by atoms with Gasteiger partial charge in [-0.1, -0.05) is 0 Å². The number of nitrogens with zero attached hydrogens (tertiary/aromatic N) is 5. The number of halogens is 2. The minimum absolute atomic E-state index is 0.254. The number of carbonyl (C=O) groups is 1. The molecule has 1 aliphatic rings. The van der Waals surface area contributed by atoms with Crippen molar-refractivity contribution >= 4 is 40.0 Å². The highest BCUT2D eigenvalue weighted by molar-refractivity contribution is 7.14. The lowest BCUT2D eigenvalue weighted by atomic mass is 10.1. The van der Waals surface area contributed by atoms with E-state index in [1.807, 2.05) is 4.90 Å². The minimum Gasteiger partial charge on any atom is -0.389 e. The molecule has 1 N–H and O–H groups in total. The minimum atomic E-state index is -0.504. The predicted octanol–water partition coefficient (Wildman–Crippen LogP) is 2.72. The number of amides is 1. The van der Waals surface area contributed by atoms with Gasteiger partial charge in [-0.3, -0.25) is 4.79 Å². The first-order valence-electron chi connectivity index (χ1n) is 7.98. The zero-order valence-corrected chi connectivity index (χ0v) is 15.4. The highest BCUT2D eigenvalue weighted by Gasteiger charge is 2.26. The Morgan fingerprint density at radius 2 is 2.00 bits per heavy atom. The Bertz CT molecular complexity index is 977. The molecule has 1 saturated heterocycles. The van der Waals surface area contributed by atoms with E-state index in [4.69, 9.17) is 11.8 Å². The number of hydrogen-bond donors (Lipinski definition) is 1. The zero-order chi connectivity index (χ0) is 19.0. The van der Waals surface area contributed by atoms with Gasteiger partial charge in [-0.25, -0.2) is 19.3 Å². The summed E-state index contributed by atoms with van der Waals surface area (Å²) in [6.45, 7) is 1.06. The van der Waals surface area contributed by atoms with Crippen LogP contribution in [-0.4, -0.2) is 45.2 Å². The van der Waals surface area contributed by atoms with Crippen LogP contribution < -0.4 is 9.32 Å². The van der Waals surface area contributed by atoms with Crippen LogP contribution in [0.4, 0.5) is 15.3 Å². The molecule has 1 amide bonds. The van der Waals surface area contributed by atoms with Crippen LogP contribution in [0.1, 0.15) is 10.4 Å². The fourth-order valence-corrected chi connectivity index (χ4v) is 3.54. The Morgan fingerprint density at radius 3 is 2.70 bits per heavy atom. The highest BCUT2D eigenvalue weighted by atomic mass is 35.5. The second-order valence-corrected chi connectivity index (χ2v) is 7.10. The van der Waals surface area contributed by atoms with Gasteiger partial charge in [-0.2, -0.15) is 4.42 Å². The number of anilines is 2.